The van der Waals surface area contributed by atoms with E-state index in [1.54, 1.807) is 24.3 Å². The minimum absolute atomic E-state index is 0.00704. The molecule has 0 aliphatic rings. The van der Waals surface area contributed by atoms with Gasteiger partial charge in [-0.25, -0.2) is 0 Å². The highest BCUT2D eigenvalue weighted by Gasteiger charge is 2.15. The van der Waals surface area contributed by atoms with Gasteiger partial charge in [0.05, 0.1) is 4.92 Å². The lowest BCUT2D eigenvalue weighted by molar-refractivity contribution is -0.386. The Balaban J connectivity index is 1.95. The molecule has 0 unspecified atom stereocenters. The fourth-order valence-electron chi connectivity index (χ4n) is 1.92. The number of amides is 1. The van der Waals surface area contributed by atoms with Crippen LogP contribution in [0.5, 0.6) is 5.75 Å². The van der Waals surface area contributed by atoms with Gasteiger partial charge in [0.25, 0.3) is 5.91 Å². The molecule has 1 N–H and O–H groups in total. The van der Waals surface area contributed by atoms with Crippen LogP contribution in [0, 0.1) is 10.1 Å². The molecule has 2 rings (SSSR count). The molecule has 0 atom stereocenters. The van der Waals surface area contributed by atoms with Gasteiger partial charge in [-0.05, 0) is 24.6 Å². The number of carbonyl (C=O) groups excluding carboxylic acids is 1. The minimum atomic E-state index is -0.510. The van der Waals surface area contributed by atoms with Crippen molar-refractivity contribution < 1.29 is 18.9 Å². The summed E-state index contributed by atoms with van der Waals surface area (Å²) in [4.78, 5) is 22.2. The van der Waals surface area contributed by atoms with Crippen molar-refractivity contribution in [2.75, 3.05) is 6.54 Å². The van der Waals surface area contributed by atoms with E-state index >= 15 is 0 Å². The van der Waals surface area contributed by atoms with Gasteiger partial charge in [0.1, 0.15) is 12.4 Å². The molecule has 1 amide bonds. The van der Waals surface area contributed by atoms with E-state index in [4.69, 9.17) is 9.15 Å². The molecule has 7 nitrogen and oxygen atoms in total. The highest BCUT2D eigenvalue weighted by molar-refractivity contribution is 5.91. The van der Waals surface area contributed by atoms with Gasteiger partial charge in [0.2, 0.25) is 0 Å². The summed E-state index contributed by atoms with van der Waals surface area (Å²) in [5.74, 6) is 0.490. The van der Waals surface area contributed by atoms with Gasteiger partial charge >= 0.3 is 5.69 Å². The first-order chi connectivity index (χ1) is 11.1. The van der Waals surface area contributed by atoms with Crippen molar-refractivity contribution in [3.05, 3.63) is 58.0 Å². The van der Waals surface area contributed by atoms with E-state index in [1.807, 2.05) is 6.92 Å². The summed E-state index contributed by atoms with van der Waals surface area (Å²) in [6, 6.07) is 9.26. The van der Waals surface area contributed by atoms with Gasteiger partial charge in [-0.3, -0.25) is 14.9 Å². The number of nitro groups is 1. The zero-order valence-corrected chi connectivity index (χ0v) is 12.8. The van der Waals surface area contributed by atoms with Crippen molar-refractivity contribution in [3.8, 4) is 5.75 Å². The van der Waals surface area contributed by atoms with E-state index < -0.39 is 4.92 Å². The van der Waals surface area contributed by atoms with Crippen LogP contribution >= 0.6 is 0 Å². The molecule has 0 fully saturated rings. The van der Waals surface area contributed by atoms with E-state index in [2.05, 4.69) is 5.32 Å². The highest BCUT2D eigenvalue weighted by Crippen LogP contribution is 2.26. The standard InChI is InChI=1S/C16H18N2O5/c1-2-3-10-17-16(19)15-9-8-12(23-15)11-22-14-7-5-4-6-13(14)18(20)21/h4-9H,2-3,10-11H2,1H3,(H,17,19). The molecule has 0 aliphatic heterocycles. The van der Waals surface area contributed by atoms with E-state index in [0.29, 0.717) is 12.3 Å². The van der Waals surface area contributed by atoms with E-state index in [0.717, 1.165) is 12.8 Å². The van der Waals surface area contributed by atoms with Crippen LogP contribution in [0.2, 0.25) is 0 Å². The van der Waals surface area contributed by atoms with Crippen LogP contribution in [0.25, 0.3) is 0 Å². The number of carbonyl (C=O) groups is 1. The third-order valence-corrected chi connectivity index (χ3v) is 3.13. The molecule has 2 aromatic rings. The highest BCUT2D eigenvalue weighted by atomic mass is 16.6. The lowest BCUT2D eigenvalue weighted by Crippen LogP contribution is -2.23. The van der Waals surface area contributed by atoms with E-state index in [1.165, 1.54) is 12.1 Å². The van der Waals surface area contributed by atoms with Crippen molar-refractivity contribution in [3.63, 3.8) is 0 Å². The maximum Gasteiger partial charge on any atom is 0.310 e. The number of hydrogen-bond acceptors (Lipinski definition) is 5. The Morgan fingerprint density at radius 3 is 2.83 bits per heavy atom. The van der Waals surface area contributed by atoms with Crippen LogP contribution < -0.4 is 10.1 Å². The summed E-state index contributed by atoms with van der Waals surface area (Å²) < 4.78 is 10.8. The first-order valence-electron chi connectivity index (χ1n) is 7.35. The molecule has 0 spiro atoms. The number of nitro benzene ring substituents is 1. The number of furan rings is 1. The van der Waals surface area contributed by atoms with Gasteiger partial charge in [-0.15, -0.1) is 0 Å². The average molecular weight is 318 g/mol. The topological polar surface area (TPSA) is 94.6 Å². The van der Waals surface area contributed by atoms with Gasteiger partial charge in [-0.2, -0.15) is 0 Å². The number of rotatable bonds is 8. The fourth-order valence-corrected chi connectivity index (χ4v) is 1.92. The average Bonchev–Trinajstić information content (AvgIpc) is 3.02. The second-order valence-electron chi connectivity index (χ2n) is 4.89. The summed E-state index contributed by atoms with van der Waals surface area (Å²) in [5, 5.41) is 13.6. The summed E-state index contributed by atoms with van der Waals surface area (Å²) >= 11 is 0. The van der Waals surface area contributed by atoms with Crippen LogP contribution in [0.4, 0.5) is 5.69 Å². The van der Waals surface area contributed by atoms with Crippen molar-refractivity contribution in [1.29, 1.82) is 0 Å². The first kappa shape index (κ1) is 16.5. The minimum Gasteiger partial charge on any atom is -0.479 e. The van der Waals surface area contributed by atoms with Crippen molar-refractivity contribution >= 4 is 11.6 Å². The number of nitrogens with zero attached hydrogens (tertiary/aromatic N) is 1. The fraction of sp³-hybridized carbons (Fsp3) is 0.312. The molecule has 0 radical (unpaired) electrons. The predicted octanol–water partition coefficient (Wildman–Crippen LogP) is 3.30. The Morgan fingerprint density at radius 1 is 1.30 bits per heavy atom. The predicted molar refractivity (Wildman–Crippen MR) is 83.4 cm³/mol. The van der Waals surface area contributed by atoms with Crippen LogP contribution in [-0.2, 0) is 6.61 Å². The number of nitrogens with one attached hydrogen (secondary N) is 1. The van der Waals surface area contributed by atoms with Gasteiger partial charge in [0, 0.05) is 12.6 Å². The lowest BCUT2D eigenvalue weighted by atomic mass is 10.3. The third-order valence-electron chi connectivity index (χ3n) is 3.13. The molecule has 0 saturated carbocycles. The second kappa shape index (κ2) is 7.98. The van der Waals surface area contributed by atoms with Gasteiger partial charge < -0.3 is 14.5 Å². The van der Waals surface area contributed by atoms with Crippen molar-refractivity contribution in [1.82, 2.24) is 5.32 Å². The Labute approximate surface area is 133 Å². The molecule has 7 heteroatoms. The summed E-state index contributed by atoms with van der Waals surface area (Å²) in [7, 11) is 0. The quantitative estimate of drug-likeness (QED) is 0.458. The monoisotopic (exact) mass is 318 g/mol. The molecule has 1 heterocycles. The van der Waals surface area contributed by atoms with Gasteiger partial charge in [0.15, 0.2) is 11.5 Å². The molecule has 23 heavy (non-hydrogen) atoms. The third kappa shape index (κ3) is 4.57. The Morgan fingerprint density at radius 2 is 2.09 bits per heavy atom. The largest absolute Gasteiger partial charge is 0.479 e. The Kier molecular flexibility index (Phi) is 5.74. The normalized spacial score (nSPS) is 10.3. The van der Waals surface area contributed by atoms with Crippen molar-refractivity contribution in [2.24, 2.45) is 0 Å². The first-order valence-corrected chi connectivity index (χ1v) is 7.35. The molecule has 1 aromatic heterocycles. The summed E-state index contributed by atoms with van der Waals surface area (Å²) in [6.07, 6.45) is 1.90. The zero-order valence-electron chi connectivity index (χ0n) is 12.8. The van der Waals surface area contributed by atoms with Crippen LogP contribution in [0.15, 0.2) is 40.8 Å². The smallest absolute Gasteiger partial charge is 0.310 e. The van der Waals surface area contributed by atoms with Crippen LogP contribution in [-0.4, -0.2) is 17.4 Å². The lowest BCUT2D eigenvalue weighted by Gasteiger charge is -2.04. The number of para-hydroxylation sites is 2. The van der Waals surface area contributed by atoms with Crippen LogP contribution in [0.3, 0.4) is 0 Å². The molecule has 0 aliphatic carbocycles. The van der Waals surface area contributed by atoms with Crippen molar-refractivity contribution in [2.45, 2.75) is 26.4 Å². The molecular formula is C16H18N2O5. The SMILES string of the molecule is CCCCNC(=O)c1ccc(COc2ccccc2[N+](=O)[O-])o1. The zero-order chi connectivity index (χ0) is 16.7. The Bertz CT molecular complexity index is 681. The maximum atomic E-state index is 11.8. The molecular weight excluding hydrogens is 300 g/mol. The molecule has 0 bridgehead atoms. The number of hydrogen-bond donors (Lipinski definition) is 1. The number of ether oxygens (including phenoxy) is 1. The number of benzene rings is 1. The summed E-state index contributed by atoms with van der Waals surface area (Å²) in [5.41, 5.74) is -0.114. The molecule has 0 saturated heterocycles. The van der Waals surface area contributed by atoms with E-state index in [-0.39, 0.29) is 29.7 Å². The maximum absolute atomic E-state index is 11.8. The van der Waals surface area contributed by atoms with Gasteiger partial charge in [-0.1, -0.05) is 25.5 Å². The van der Waals surface area contributed by atoms with E-state index in [9.17, 15) is 14.9 Å². The second-order valence-corrected chi connectivity index (χ2v) is 4.89. The van der Waals surface area contributed by atoms with Crippen LogP contribution in [0.1, 0.15) is 36.1 Å². The number of unbranched alkanes of at least 4 members (excludes halogenated alkanes) is 1. The molecule has 122 valence electrons. The molecule has 1 aromatic carbocycles. The Hall–Kier alpha value is -2.83. The summed E-state index contributed by atoms with van der Waals surface area (Å²) in [6.45, 7) is 2.64.